The van der Waals surface area contributed by atoms with E-state index in [4.69, 9.17) is 9.97 Å². The first-order valence-electron chi connectivity index (χ1n) is 15.5. The highest BCUT2D eigenvalue weighted by molar-refractivity contribution is 7.16. The monoisotopic (exact) mass is 632 g/mol. The molecule has 12 heteroatoms. The number of anilines is 3. The Morgan fingerprint density at radius 1 is 1.16 bits per heavy atom. The molecule has 10 nitrogen and oxygen atoms in total. The van der Waals surface area contributed by atoms with Gasteiger partial charge in [0.15, 0.2) is 5.13 Å². The highest BCUT2D eigenvalue weighted by Gasteiger charge is 2.29. The van der Waals surface area contributed by atoms with E-state index in [9.17, 15) is 19.6 Å². The summed E-state index contributed by atoms with van der Waals surface area (Å²) in [5.41, 5.74) is 5.12. The van der Waals surface area contributed by atoms with Gasteiger partial charge in [0.1, 0.15) is 33.9 Å². The van der Waals surface area contributed by atoms with E-state index in [0.717, 1.165) is 61.0 Å². The molecule has 1 aliphatic rings. The largest absolute Gasteiger partial charge is 0.389 e. The number of thiazole rings is 1. The molecule has 45 heavy (non-hydrogen) atoms. The van der Waals surface area contributed by atoms with Crippen LogP contribution in [0.2, 0.25) is 0 Å². The van der Waals surface area contributed by atoms with Gasteiger partial charge in [-0.2, -0.15) is 5.26 Å². The van der Waals surface area contributed by atoms with Crippen molar-refractivity contribution in [1.29, 1.82) is 5.26 Å². The molecule has 0 atom stereocenters. The normalized spacial score (nSPS) is 13.4. The summed E-state index contributed by atoms with van der Waals surface area (Å²) in [6.07, 6.45) is 3.40. The van der Waals surface area contributed by atoms with Crippen LogP contribution < -0.4 is 9.80 Å². The van der Waals surface area contributed by atoms with Gasteiger partial charge in [-0.3, -0.25) is 14.1 Å². The van der Waals surface area contributed by atoms with Crippen LogP contribution in [0.1, 0.15) is 43.3 Å². The molecule has 0 aliphatic carbocycles. The fraction of sp³-hybridized carbons (Fsp3) is 0.455. The molecule has 0 saturated carbocycles. The van der Waals surface area contributed by atoms with Crippen molar-refractivity contribution in [1.82, 2.24) is 24.2 Å². The average Bonchev–Trinajstić information content (AvgIpc) is 3.63. The number of imidazole rings is 1. The van der Waals surface area contributed by atoms with E-state index >= 15 is 0 Å². The minimum Gasteiger partial charge on any atom is -0.389 e. The van der Waals surface area contributed by atoms with Gasteiger partial charge in [0.2, 0.25) is 5.91 Å². The molecule has 0 spiro atoms. The van der Waals surface area contributed by atoms with Gasteiger partial charge >= 0.3 is 0 Å². The van der Waals surface area contributed by atoms with Crippen LogP contribution in [0.4, 0.5) is 21.0 Å². The molecule has 0 bridgehead atoms. The first kappa shape index (κ1) is 32.3. The number of amides is 1. The molecule has 5 rings (SSSR count). The summed E-state index contributed by atoms with van der Waals surface area (Å²) >= 11 is 1.30. The number of hydrogen-bond donors (Lipinski definition) is 1. The molecular weight excluding hydrogens is 591 g/mol. The van der Waals surface area contributed by atoms with Crippen LogP contribution in [-0.2, 0) is 11.2 Å². The maximum atomic E-state index is 13.6. The zero-order valence-electron chi connectivity index (χ0n) is 26.6. The molecule has 1 fully saturated rings. The number of likely N-dealkylation sites (tertiary alicyclic amines) is 1. The number of rotatable bonds is 13. The molecule has 238 valence electrons. The fourth-order valence-corrected chi connectivity index (χ4v) is 6.56. The van der Waals surface area contributed by atoms with E-state index in [1.807, 2.05) is 11.9 Å². The highest BCUT2D eigenvalue weighted by atomic mass is 32.1. The topological polar surface area (TPSA) is 104 Å². The number of carbonyl (C=O) groups excluding carboxylic acids is 1. The van der Waals surface area contributed by atoms with E-state index in [2.05, 4.69) is 60.2 Å². The lowest BCUT2D eigenvalue weighted by molar-refractivity contribution is -0.142. The predicted molar refractivity (Wildman–Crippen MR) is 177 cm³/mol. The van der Waals surface area contributed by atoms with Crippen molar-refractivity contribution >= 4 is 39.5 Å². The van der Waals surface area contributed by atoms with Gasteiger partial charge < -0.3 is 19.8 Å². The van der Waals surface area contributed by atoms with Gasteiger partial charge in [0.25, 0.3) is 0 Å². The highest BCUT2D eigenvalue weighted by Crippen LogP contribution is 2.37. The van der Waals surface area contributed by atoms with E-state index < -0.39 is 6.10 Å². The number of hydrogen-bond acceptors (Lipinski definition) is 9. The van der Waals surface area contributed by atoms with Gasteiger partial charge in [-0.1, -0.05) is 32.1 Å². The molecule has 4 aromatic rings. The smallest absolute Gasteiger partial charge is 0.236 e. The maximum Gasteiger partial charge on any atom is 0.236 e. The molecule has 1 amide bonds. The lowest BCUT2D eigenvalue weighted by atomic mass is 10.1. The molecule has 1 aliphatic heterocycles. The zero-order valence-corrected chi connectivity index (χ0v) is 27.4. The number of carbonyl (C=O) groups is 1. The number of nitrogens with zero attached hydrogens (tertiary/aromatic N) is 8. The number of benzene rings is 1. The third-order valence-electron chi connectivity index (χ3n) is 8.27. The van der Waals surface area contributed by atoms with E-state index in [0.29, 0.717) is 47.3 Å². The van der Waals surface area contributed by atoms with Gasteiger partial charge in [-0.15, -0.1) is 0 Å². The van der Waals surface area contributed by atoms with Gasteiger partial charge in [-0.05, 0) is 62.2 Å². The average molecular weight is 633 g/mol. The SMILES string of the molecule is CCCN(CCN(CC)CC(=O)N1CC(O)C1)c1cc(C)c2nc(CC)c(N(C)c3nc(-c4ccc(F)cc4)c(C#N)s3)n2c1. The van der Waals surface area contributed by atoms with Crippen molar-refractivity contribution in [2.75, 3.05) is 62.7 Å². The molecule has 0 radical (unpaired) electrons. The quantitative estimate of drug-likeness (QED) is 0.223. The summed E-state index contributed by atoms with van der Waals surface area (Å²) in [4.78, 5) is 31.2. The minimum atomic E-state index is -0.400. The summed E-state index contributed by atoms with van der Waals surface area (Å²) in [6, 6.07) is 10.5. The first-order valence-corrected chi connectivity index (χ1v) is 16.3. The number of fused-ring (bicyclic) bond motifs is 1. The van der Waals surface area contributed by atoms with Gasteiger partial charge in [0, 0.05) is 51.5 Å². The predicted octanol–water partition coefficient (Wildman–Crippen LogP) is 4.85. The Morgan fingerprint density at radius 2 is 1.89 bits per heavy atom. The van der Waals surface area contributed by atoms with Crippen LogP contribution in [0.25, 0.3) is 16.9 Å². The molecule has 3 aromatic heterocycles. The molecule has 1 N–H and O–H groups in total. The third kappa shape index (κ3) is 6.81. The van der Waals surface area contributed by atoms with Crippen LogP contribution in [0, 0.1) is 24.1 Å². The van der Waals surface area contributed by atoms with Crippen molar-refractivity contribution in [2.45, 2.75) is 46.6 Å². The van der Waals surface area contributed by atoms with E-state index in [1.165, 1.54) is 23.5 Å². The van der Waals surface area contributed by atoms with Crippen molar-refractivity contribution in [3.05, 3.63) is 58.5 Å². The second-order valence-corrected chi connectivity index (χ2v) is 12.4. The summed E-state index contributed by atoms with van der Waals surface area (Å²) < 4.78 is 15.7. The maximum absolute atomic E-state index is 13.6. The third-order valence-corrected chi connectivity index (χ3v) is 9.31. The van der Waals surface area contributed by atoms with Crippen molar-refractivity contribution in [3.8, 4) is 17.3 Å². The number of halogens is 1. The number of aryl methyl sites for hydroxylation is 2. The first-order chi connectivity index (χ1) is 21.7. The Labute approximate surface area is 267 Å². The van der Waals surface area contributed by atoms with Crippen LogP contribution >= 0.6 is 11.3 Å². The van der Waals surface area contributed by atoms with Crippen molar-refractivity contribution in [3.63, 3.8) is 0 Å². The molecular formula is C33H41FN8O2S. The fourth-order valence-electron chi connectivity index (χ4n) is 5.72. The van der Waals surface area contributed by atoms with E-state index in [1.54, 1.807) is 17.0 Å². The summed E-state index contributed by atoms with van der Waals surface area (Å²) in [5.74, 6) is 0.606. The second-order valence-electron chi connectivity index (χ2n) is 11.5. The Balaban J connectivity index is 1.45. The Hall–Kier alpha value is -4.05. The Bertz CT molecular complexity index is 1690. The number of likely N-dealkylation sites (N-methyl/N-ethyl adjacent to an activating group) is 1. The molecule has 4 heterocycles. The number of aromatic nitrogens is 3. The number of aliphatic hydroxyl groups excluding tert-OH is 1. The zero-order chi connectivity index (χ0) is 32.2. The number of β-amino-alcohol motifs (C(OH)–C–C–N with tert-alkyl or cyclic N) is 1. The van der Waals surface area contributed by atoms with Crippen LogP contribution in [0.3, 0.4) is 0 Å². The summed E-state index contributed by atoms with van der Waals surface area (Å²) in [7, 11) is 1.94. The number of pyridine rings is 1. The van der Waals surface area contributed by atoms with Gasteiger partial charge in [-0.25, -0.2) is 14.4 Å². The lowest BCUT2D eigenvalue weighted by Crippen LogP contribution is -2.56. The van der Waals surface area contributed by atoms with E-state index in [-0.39, 0.29) is 11.7 Å². The minimum absolute atomic E-state index is 0.0592. The second kappa shape index (κ2) is 13.9. The standard InChI is InChI=1S/C33H41FN8O2S/c1-6-13-40(15-14-39(8-3)21-29(44)41-19-26(43)20-41)25-16-22(4)31-36-27(7-2)32(42(31)18-25)38(5)33-37-30(28(17-35)45-33)23-9-11-24(34)12-10-23/h9-12,16,18,26,43H,6-8,13-15,19-21H2,1-5H3. The Morgan fingerprint density at radius 3 is 2.51 bits per heavy atom. The van der Waals surface area contributed by atoms with Crippen LogP contribution in [-0.4, -0.2) is 94.1 Å². The Kier molecular flexibility index (Phi) is 10.0. The number of aliphatic hydroxyl groups is 1. The number of nitriles is 1. The molecule has 0 unspecified atom stereocenters. The lowest BCUT2D eigenvalue weighted by Gasteiger charge is -2.37. The molecule has 1 aromatic carbocycles. The molecule has 1 saturated heterocycles. The van der Waals surface area contributed by atoms with Crippen LogP contribution in [0.15, 0.2) is 36.5 Å². The summed E-state index contributed by atoms with van der Waals surface area (Å²) in [6.45, 7) is 12.7. The van der Waals surface area contributed by atoms with Gasteiger partial charge in [0.05, 0.1) is 24.0 Å². The summed E-state index contributed by atoms with van der Waals surface area (Å²) in [5, 5.41) is 20.1. The van der Waals surface area contributed by atoms with Crippen molar-refractivity contribution < 1.29 is 14.3 Å². The van der Waals surface area contributed by atoms with Crippen LogP contribution in [0.5, 0.6) is 0 Å². The van der Waals surface area contributed by atoms with Crippen molar-refractivity contribution in [2.24, 2.45) is 0 Å².